The number of carbonyl (C=O) groups is 1. The summed E-state index contributed by atoms with van der Waals surface area (Å²) in [5.41, 5.74) is 2.55. The Hall–Kier alpha value is -3.43. The van der Waals surface area contributed by atoms with Gasteiger partial charge in [0.05, 0.1) is 33.4 Å². The molecule has 0 saturated carbocycles. The number of rotatable bonds is 4. The van der Waals surface area contributed by atoms with Crippen LogP contribution in [0.25, 0.3) is 20.4 Å². The molecule has 5 rings (SSSR count). The summed E-state index contributed by atoms with van der Waals surface area (Å²) in [5, 5.41) is 3.73. The highest BCUT2D eigenvalue weighted by Crippen LogP contribution is 2.31. The number of hydrogen-bond donors (Lipinski definition) is 1. The van der Waals surface area contributed by atoms with Crippen LogP contribution in [0.2, 0.25) is 0 Å². The van der Waals surface area contributed by atoms with Crippen LogP contribution in [-0.4, -0.2) is 20.4 Å². The van der Waals surface area contributed by atoms with Gasteiger partial charge in [-0.2, -0.15) is 0 Å². The maximum absolute atomic E-state index is 14.0. The minimum atomic E-state index is -0.382. The Balaban J connectivity index is 1.49. The largest absolute Gasteiger partial charge is 0.297 e. The first kappa shape index (κ1) is 20.5. The number of amides is 1. The maximum atomic E-state index is 14.0. The molecule has 32 heavy (non-hydrogen) atoms. The van der Waals surface area contributed by atoms with Crippen LogP contribution in [0, 0.1) is 19.7 Å². The van der Waals surface area contributed by atoms with Gasteiger partial charge in [-0.15, -0.1) is 11.3 Å². The predicted molar refractivity (Wildman–Crippen MR) is 126 cm³/mol. The molecule has 0 unspecified atom stereocenters. The van der Waals surface area contributed by atoms with Gasteiger partial charge in [-0.1, -0.05) is 41.7 Å². The minimum absolute atomic E-state index is 0.0658. The number of benzene rings is 2. The van der Waals surface area contributed by atoms with Crippen LogP contribution in [0.1, 0.15) is 26.4 Å². The van der Waals surface area contributed by atoms with Crippen molar-refractivity contribution in [2.45, 2.75) is 20.4 Å². The third-order valence-electron chi connectivity index (χ3n) is 5.26. The number of nitrogens with zero attached hydrogens (tertiary/aromatic N) is 3. The molecule has 9 heteroatoms. The summed E-state index contributed by atoms with van der Waals surface area (Å²) in [6, 6.07) is 12.2. The molecule has 0 spiro atoms. The van der Waals surface area contributed by atoms with Gasteiger partial charge in [0.25, 0.3) is 11.5 Å². The van der Waals surface area contributed by atoms with E-state index in [9.17, 15) is 14.0 Å². The van der Waals surface area contributed by atoms with Crippen LogP contribution in [0.15, 0.2) is 53.6 Å². The summed E-state index contributed by atoms with van der Waals surface area (Å²) >= 11 is 2.56. The summed E-state index contributed by atoms with van der Waals surface area (Å²) in [4.78, 5) is 35.8. The highest BCUT2D eigenvalue weighted by atomic mass is 32.1. The van der Waals surface area contributed by atoms with E-state index >= 15 is 0 Å². The zero-order chi connectivity index (χ0) is 22.4. The minimum Gasteiger partial charge on any atom is -0.297 e. The number of thiazole rings is 1. The number of hydrogen-bond acceptors (Lipinski definition) is 6. The van der Waals surface area contributed by atoms with E-state index in [1.807, 2.05) is 25.1 Å². The van der Waals surface area contributed by atoms with Crippen molar-refractivity contribution in [1.82, 2.24) is 14.5 Å². The monoisotopic (exact) mass is 464 g/mol. The molecule has 1 amide bonds. The van der Waals surface area contributed by atoms with Crippen molar-refractivity contribution < 1.29 is 9.18 Å². The van der Waals surface area contributed by atoms with Gasteiger partial charge < -0.3 is 0 Å². The molecule has 0 aliphatic heterocycles. The van der Waals surface area contributed by atoms with E-state index in [0.29, 0.717) is 31.4 Å². The van der Waals surface area contributed by atoms with Crippen molar-refractivity contribution >= 4 is 54.1 Å². The zero-order valence-corrected chi connectivity index (χ0v) is 18.8. The van der Waals surface area contributed by atoms with Crippen LogP contribution in [0.3, 0.4) is 0 Å². The fourth-order valence-corrected chi connectivity index (χ4v) is 5.57. The molecule has 0 bridgehead atoms. The Labute approximate surface area is 190 Å². The van der Waals surface area contributed by atoms with Crippen LogP contribution in [0.5, 0.6) is 0 Å². The van der Waals surface area contributed by atoms with E-state index in [2.05, 4.69) is 15.3 Å². The van der Waals surface area contributed by atoms with Gasteiger partial charge in [0.2, 0.25) is 0 Å². The molecule has 0 radical (unpaired) electrons. The standard InChI is InChI=1S/C23H17FN4O2S2/c1-12-6-5-9-16-18(12)26-23(31-16)27-20(29)19-13(2)17-21(32-19)25-11-28(22(17)30)10-14-7-3-4-8-15(14)24/h3-9,11H,10H2,1-2H3,(H,26,27,29). The Bertz CT molecular complexity index is 1570. The number of para-hydroxylation sites is 1. The van der Waals surface area contributed by atoms with Crippen molar-refractivity contribution in [1.29, 1.82) is 0 Å². The summed E-state index contributed by atoms with van der Waals surface area (Å²) in [5.74, 6) is -0.713. The fourth-order valence-electron chi connectivity index (χ4n) is 3.59. The molecule has 1 N–H and O–H groups in total. The first-order valence-corrected chi connectivity index (χ1v) is 11.4. The van der Waals surface area contributed by atoms with Crippen LogP contribution in [-0.2, 0) is 6.54 Å². The van der Waals surface area contributed by atoms with Crippen molar-refractivity contribution in [2.24, 2.45) is 0 Å². The Morgan fingerprint density at radius 2 is 1.94 bits per heavy atom. The molecule has 3 heterocycles. The molecule has 6 nitrogen and oxygen atoms in total. The van der Waals surface area contributed by atoms with E-state index < -0.39 is 0 Å². The van der Waals surface area contributed by atoms with Gasteiger partial charge in [-0.05, 0) is 37.1 Å². The van der Waals surface area contributed by atoms with Crippen molar-refractivity contribution in [3.63, 3.8) is 0 Å². The third kappa shape index (κ3) is 3.49. The first-order chi connectivity index (χ1) is 15.4. The second-order valence-electron chi connectivity index (χ2n) is 7.40. The van der Waals surface area contributed by atoms with Crippen molar-refractivity contribution in [2.75, 3.05) is 5.32 Å². The lowest BCUT2D eigenvalue weighted by Crippen LogP contribution is -2.21. The average molecular weight is 465 g/mol. The van der Waals surface area contributed by atoms with Crippen molar-refractivity contribution in [3.05, 3.63) is 86.5 Å². The molecular formula is C23H17FN4O2S2. The number of halogens is 1. The number of anilines is 1. The zero-order valence-electron chi connectivity index (χ0n) is 17.2. The number of aryl methyl sites for hydroxylation is 2. The summed E-state index contributed by atoms with van der Waals surface area (Å²) in [6.07, 6.45) is 1.39. The third-order valence-corrected chi connectivity index (χ3v) is 7.40. The number of thiophene rings is 1. The lowest BCUT2D eigenvalue weighted by atomic mass is 10.2. The SMILES string of the molecule is Cc1cccc2sc(NC(=O)c3sc4ncn(Cc5ccccc5F)c(=O)c4c3C)nc12. The highest BCUT2D eigenvalue weighted by molar-refractivity contribution is 7.23. The average Bonchev–Trinajstić information content (AvgIpc) is 3.33. The fraction of sp³-hybridized carbons (Fsp3) is 0.130. The molecule has 0 aliphatic rings. The van der Waals surface area contributed by atoms with E-state index in [1.54, 1.807) is 25.1 Å². The molecule has 2 aromatic carbocycles. The second kappa shape index (κ2) is 7.92. The molecule has 3 aromatic heterocycles. The molecular weight excluding hydrogens is 447 g/mol. The first-order valence-electron chi connectivity index (χ1n) is 9.82. The van der Waals surface area contributed by atoms with Gasteiger partial charge in [0.1, 0.15) is 10.6 Å². The van der Waals surface area contributed by atoms with Gasteiger partial charge in [0.15, 0.2) is 5.13 Å². The predicted octanol–water partition coefficient (Wildman–Crippen LogP) is 5.12. The molecule has 0 fully saturated rings. The number of aromatic nitrogens is 3. The van der Waals surface area contributed by atoms with E-state index in [1.165, 1.54) is 28.3 Å². The van der Waals surface area contributed by atoms with E-state index in [4.69, 9.17) is 0 Å². The topological polar surface area (TPSA) is 76.9 Å². The maximum Gasteiger partial charge on any atom is 0.267 e. The smallest absolute Gasteiger partial charge is 0.267 e. The molecule has 0 atom stereocenters. The van der Waals surface area contributed by atoms with Gasteiger partial charge in [-0.25, -0.2) is 14.4 Å². The number of fused-ring (bicyclic) bond motifs is 2. The Morgan fingerprint density at radius 3 is 2.72 bits per heavy atom. The lowest BCUT2D eigenvalue weighted by molar-refractivity contribution is 0.103. The molecule has 0 saturated heterocycles. The molecule has 160 valence electrons. The summed E-state index contributed by atoms with van der Waals surface area (Å²) < 4.78 is 16.4. The van der Waals surface area contributed by atoms with Crippen LogP contribution in [0.4, 0.5) is 9.52 Å². The van der Waals surface area contributed by atoms with E-state index in [-0.39, 0.29) is 23.8 Å². The number of nitrogens with one attached hydrogen (secondary N) is 1. The normalized spacial score (nSPS) is 11.3. The van der Waals surface area contributed by atoms with E-state index in [0.717, 1.165) is 27.1 Å². The van der Waals surface area contributed by atoms with Crippen LogP contribution >= 0.6 is 22.7 Å². The van der Waals surface area contributed by atoms with Gasteiger partial charge in [-0.3, -0.25) is 19.5 Å². The second-order valence-corrected chi connectivity index (χ2v) is 9.43. The van der Waals surface area contributed by atoms with Crippen LogP contribution < -0.4 is 10.9 Å². The Morgan fingerprint density at radius 1 is 1.12 bits per heavy atom. The Kier molecular flexibility index (Phi) is 5.07. The number of carbonyl (C=O) groups excluding carboxylic acids is 1. The molecule has 5 aromatic rings. The summed E-state index contributed by atoms with van der Waals surface area (Å²) in [7, 11) is 0. The summed E-state index contributed by atoms with van der Waals surface area (Å²) in [6.45, 7) is 3.77. The van der Waals surface area contributed by atoms with Crippen molar-refractivity contribution in [3.8, 4) is 0 Å². The quantitative estimate of drug-likeness (QED) is 0.400. The molecule has 0 aliphatic carbocycles. The lowest BCUT2D eigenvalue weighted by Gasteiger charge is -2.06. The highest BCUT2D eigenvalue weighted by Gasteiger charge is 2.21. The van der Waals surface area contributed by atoms with Gasteiger partial charge >= 0.3 is 0 Å². The van der Waals surface area contributed by atoms with Gasteiger partial charge in [0, 0.05) is 5.56 Å².